The maximum absolute atomic E-state index is 11.2. The summed E-state index contributed by atoms with van der Waals surface area (Å²) in [6.07, 6.45) is 5.99. The average Bonchev–Trinajstić information content (AvgIpc) is 2.36. The van der Waals surface area contributed by atoms with Crippen LogP contribution in [0.15, 0.2) is 12.2 Å². The summed E-state index contributed by atoms with van der Waals surface area (Å²) in [6.45, 7) is 0. The Kier molecular flexibility index (Phi) is 1.57. The number of hydrogen-bond donors (Lipinski definition) is 0. The third-order valence-electron chi connectivity index (χ3n) is 2.23. The van der Waals surface area contributed by atoms with Gasteiger partial charge in [-0.25, -0.2) is 0 Å². The van der Waals surface area contributed by atoms with Crippen molar-refractivity contribution in [2.45, 2.75) is 18.1 Å². The summed E-state index contributed by atoms with van der Waals surface area (Å²) in [7, 11) is 0. The molecule has 2 atom stereocenters. The van der Waals surface area contributed by atoms with Gasteiger partial charge in [-0.1, -0.05) is 6.08 Å². The number of carbonyl (C=O) groups is 1. The molecular weight excluding hydrogens is 144 g/mol. The standard InChI is InChI=1S/C8H10OS/c9-7-2-1-3-8-6(7)4-5-10-8/h1-2,6,8H,3-5H2. The van der Waals surface area contributed by atoms with Crippen LogP contribution in [0.1, 0.15) is 12.8 Å². The molecule has 0 radical (unpaired) electrons. The lowest BCUT2D eigenvalue weighted by Crippen LogP contribution is -2.22. The molecule has 0 N–H and O–H groups in total. The van der Waals surface area contributed by atoms with Crippen LogP contribution in [0.3, 0.4) is 0 Å². The van der Waals surface area contributed by atoms with E-state index in [0.29, 0.717) is 17.0 Å². The molecule has 0 aromatic rings. The van der Waals surface area contributed by atoms with Crippen LogP contribution in [0.2, 0.25) is 0 Å². The molecule has 2 aliphatic rings. The van der Waals surface area contributed by atoms with Gasteiger partial charge in [0.25, 0.3) is 0 Å². The minimum atomic E-state index is 0.362. The Morgan fingerprint density at radius 3 is 3.30 bits per heavy atom. The summed E-state index contributed by atoms with van der Waals surface area (Å²) in [4.78, 5) is 11.2. The zero-order valence-corrected chi connectivity index (χ0v) is 6.56. The lowest BCUT2D eigenvalue weighted by molar-refractivity contribution is -0.118. The van der Waals surface area contributed by atoms with Crippen molar-refractivity contribution < 1.29 is 4.79 Å². The smallest absolute Gasteiger partial charge is 0.159 e. The number of allylic oxidation sites excluding steroid dienone is 2. The predicted molar refractivity (Wildman–Crippen MR) is 43.1 cm³/mol. The van der Waals surface area contributed by atoms with Gasteiger partial charge in [-0.2, -0.15) is 11.8 Å². The lowest BCUT2D eigenvalue weighted by Gasteiger charge is -2.17. The second-order valence-electron chi connectivity index (χ2n) is 2.84. The van der Waals surface area contributed by atoms with Crippen LogP contribution in [-0.4, -0.2) is 16.8 Å². The second kappa shape index (κ2) is 2.42. The normalized spacial score (nSPS) is 38.2. The fourth-order valence-electron chi connectivity index (χ4n) is 1.65. The molecule has 1 heterocycles. The lowest BCUT2D eigenvalue weighted by atomic mass is 9.91. The van der Waals surface area contributed by atoms with E-state index >= 15 is 0 Å². The highest BCUT2D eigenvalue weighted by Gasteiger charge is 2.33. The summed E-state index contributed by atoms with van der Waals surface area (Å²) in [5.41, 5.74) is 0. The van der Waals surface area contributed by atoms with E-state index in [2.05, 4.69) is 0 Å². The summed E-state index contributed by atoms with van der Waals surface area (Å²) >= 11 is 1.96. The first-order chi connectivity index (χ1) is 4.88. The molecule has 0 amide bonds. The van der Waals surface area contributed by atoms with Gasteiger partial charge >= 0.3 is 0 Å². The quantitative estimate of drug-likeness (QED) is 0.527. The molecule has 54 valence electrons. The topological polar surface area (TPSA) is 17.1 Å². The van der Waals surface area contributed by atoms with Gasteiger partial charge in [0.1, 0.15) is 0 Å². The van der Waals surface area contributed by atoms with Gasteiger partial charge in [0.05, 0.1) is 0 Å². The molecule has 0 aromatic carbocycles. The fourth-order valence-corrected chi connectivity index (χ4v) is 3.09. The largest absolute Gasteiger partial charge is 0.295 e. The van der Waals surface area contributed by atoms with E-state index in [0.717, 1.165) is 12.8 Å². The van der Waals surface area contributed by atoms with Crippen LogP contribution in [0, 0.1) is 5.92 Å². The van der Waals surface area contributed by atoms with Gasteiger partial charge in [0.15, 0.2) is 5.78 Å². The van der Waals surface area contributed by atoms with Crippen LogP contribution in [0.5, 0.6) is 0 Å². The zero-order valence-electron chi connectivity index (χ0n) is 5.75. The van der Waals surface area contributed by atoms with Crippen molar-refractivity contribution in [3.05, 3.63) is 12.2 Å². The highest BCUT2D eigenvalue weighted by Crippen LogP contribution is 2.37. The second-order valence-corrected chi connectivity index (χ2v) is 4.19. The molecule has 1 aliphatic carbocycles. The zero-order chi connectivity index (χ0) is 6.97. The van der Waals surface area contributed by atoms with E-state index in [4.69, 9.17) is 0 Å². The molecule has 2 heteroatoms. The average molecular weight is 154 g/mol. The third-order valence-corrected chi connectivity index (χ3v) is 3.65. The van der Waals surface area contributed by atoms with Gasteiger partial charge < -0.3 is 0 Å². The highest BCUT2D eigenvalue weighted by atomic mass is 32.2. The third kappa shape index (κ3) is 0.908. The van der Waals surface area contributed by atoms with Crippen molar-refractivity contribution in [2.24, 2.45) is 5.92 Å². The van der Waals surface area contributed by atoms with Crippen molar-refractivity contribution in [1.29, 1.82) is 0 Å². The maximum atomic E-state index is 11.2. The van der Waals surface area contributed by atoms with Crippen molar-refractivity contribution >= 4 is 17.5 Å². The minimum Gasteiger partial charge on any atom is -0.295 e. The predicted octanol–water partition coefficient (Wildman–Crippen LogP) is 1.64. The molecule has 0 bridgehead atoms. The molecule has 10 heavy (non-hydrogen) atoms. The number of fused-ring (bicyclic) bond motifs is 1. The highest BCUT2D eigenvalue weighted by molar-refractivity contribution is 8.00. The molecule has 1 fully saturated rings. The Morgan fingerprint density at radius 1 is 1.60 bits per heavy atom. The molecular formula is C8H10OS. The summed E-state index contributed by atoms with van der Waals surface area (Å²) in [5.74, 6) is 1.92. The van der Waals surface area contributed by atoms with Crippen molar-refractivity contribution in [3.8, 4) is 0 Å². The molecule has 1 nitrogen and oxygen atoms in total. The number of rotatable bonds is 0. The molecule has 0 spiro atoms. The van der Waals surface area contributed by atoms with E-state index in [9.17, 15) is 4.79 Å². The van der Waals surface area contributed by atoms with Crippen molar-refractivity contribution in [3.63, 3.8) is 0 Å². The number of thioether (sulfide) groups is 1. The van der Waals surface area contributed by atoms with E-state index in [-0.39, 0.29) is 0 Å². The summed E-state index contributed by atoms with van der Waals surface area (Å²) in [6, 6.07) is 0. The van der Waals surface area contributed by atoms with Crippen LogP contribution < -0.4 is 0 Å². The Balaban J connectivity index is 2.20. The van der Waals surface area contributed by atoms with E-state index in [1.165, 1.54) is 5.75 Å². The fraction of sp³-hybridized carbons (Fsp3) is 0.625. The maximum Gasteiger partial charge on any atom is 0.159 e. The molecule has 0 saturated carbocycles. The van der Waals surface area contributed by atoms with Gasteiger partial charge in [-0.3, -0.25) is 4.79 Å². The number of ketones is 1. The van der Waals surface area contributed by atoms with Gasteiger partial charge in [0, 0.05) is 11.2 Å². The van der Waals surface area contributed by atoms with Gasteiger partial charge in [-0.15, -0.1) is 0 Å². The monoisotopic (exact) mass is 154 g/mol. The Hall–Kier alpha value is -0.240. The first-order valence-electron chi connectivity index (χ1n) is 3.70. The Morgan fingerprint density at radius 2 is 2.50 bits per heavy atom. The van der Waals surface area contributed by atoms with E-state index in [1.807, 2.05) is 17.8 Å². The Bertz CT molecular complexity index is 186. The number of carbonyl (C=O) groups excluding carboxylic acids is 1. The van der Waals surface area contributed by atoms with Gasteiger partial charge in [0.2, 0.25) is 0 Å². The van der Waals surface area contributed by atoms with Crippen molar-refractivity contribution in [2.75, 3.05) is 5.75 Å². The SMILES string of the molecule is O=C1C=CCC2SCCC12. The Labute approximate surface area is 64.9 Å². The summed E-state index contributed by atoms with van der Waals surface area (Å²) in [5, 5.41) is 0.623. The first-order valence-corrected chi connectivity index (χ1v) is 4.75. The van der Waals surface area contributed by atoms with Crippen LogP contribution in [0.25, 0.3) is 0 Å². The molecule has 1 saturated heterocycles. The van der Waals surface area contributed by atoms with Gasteiger partial charge in [-0.05, 0) is 24.7 Å². The molecule has 2 rings (SSSR count). The minimum absolute atomic E-state index is 0.362. The molecule has 2 unspecified atom stereocenters. The van der Waals surface area contributed by atoms with E-state index in [1.54, 1.807) is 6.08 Å². The number of hydrogen-bond acceptors (Lipinski definition) is 2. The van der Waals surface area contributed by atoms with Crippen LogP contribution in [0.4, 0.5) is 0 Å². The van der Waals surface area contributed by atoms with E-state index < -0.39 is 0 Å². The van der Waals surface area contributed by atoms with Crippen molar-refractivity contribution in [1.82, 2.24) is 0 Å². The van der Waals surface area contributed by atoms with Crippen LogP contribution >= 0.6 is 11.8 Å². The summed E-state index contributed by atoms with van der Waals surface area (Å²) < 4.78 is 0. The molecule has 0 aromatic heterocycles. The van der Waals surface area contributed by atoms with Crippen LogP contribution in [-0.2, 0) is 4.79 Å². The first kappa shape index (κ1) is 6.47. The molecule has 1 aliphatic heterocycles.